The fraction of sp³-hybridized carbons (Fsp3) is 0.364. The van der Waals surface area contributed by atoms with Gasteiger partial charge in [-0.05, 0) is 67.2 Å². The highest BCUT2D eigenvalue weighted by atomic mass is 79.9. The number of hydrogen-bond donors (Lipinski definition) is 1. The lowest BCUT2D eigenvalue weighted by Gasteiger charge is -2.30. The third-order valence-corrected chi connectivity index (χ3v) is 6.72. The van der Waals surface area contributed by atoms with Crippen molar-refractivity contribution in [2.24, 2.45) is 5.92 Å². The Hall–Kier alpha value is -1.76. The van der Waals surface area contributed by atoms with E-state index in [1.807, 2.05) is 24.3 Å². The first-order valence-electron chi connectivity index (χ1n) is 9.71. The largest absolute Gasteiger partial charge is 0.302 e. The van der Waals surface area contributed by atoms with E-state index in [9.17, 15) is 4.79 Å². The van der Waals surface area contributed by atoms with Crippen LogP contribution in [-0.4, -0.2) is 28.9 Å². The number of fused-ring (bicyclic) bond motifs is 1. The molecule has 1 N–H and O–H groups in total. The SMILES string of the molecule is CC1CCN(Cc2ccc3nc(NC(=O)Cc4ccc(Br)cc4)sc3c2)CC1. The van der Waals surface area contributed by atoms with Crippen LogP contribution in [0, 0.1) is 5.92 Å². The van der Waals surface area contributed by atoms with E-state index in [1.165, 1.54) is 31.5 Å². The van der Waals surface area contributed by atoms with Crippen molar-refractivity contribution in [3.8, 4) is 0 Å². The molecule has 0 saturated carbocycles. The summed E-state index contributed by atoms with van der Waals surface area (Å²) in [6, 6.07) is 14.3. The molecule has 0 spiro atoms. The first kappa shape index (κ1) is 19.6. The van der Waals surface area contributed by atoms with Crippen molar-refractivity contribution in [2.45, 2.75) is 32.7 Å². The molecule has 2 heterocycles. The van der Waals surface area contributed by atoms with Crippen molar-refractivity contribution in [1.29, 1.82) is 0 Å². The van der Waals surface area contributed by atoms with Gasteiger partial charge in [0.1, 0.15) is 0 Å². The van der Waals surface area contributed by atoms with Gasteiger partial charge < -0.3 is 5.32 Å². The normalized spacial score (nSPS) is 15.8. The van der Waals surface area contributed by atoms with Crippen molar-refractivity contribution in [3.63, 3.8) is 0 Å². The summed E-state index contributed by atoms with van der Waals surface area (Å²) >= 11 is 4.96. The second-order valence-corrected chi connectivity index (χ2v) is 9.58. The topological polar surface area (TPSA) is 45.2 Å². The number of aromatic nitrogens is 1. The highest BCUT2D eigenvalue weighted by molar-refractivity contribution is 9.10. The molecule has 0 unspecified atom stereocenters. The molecule has 2 aromatic carbocycles. The van der Waals surface area contributed by atoms with Gasteiger partial charge in [-0.3, -0.25) is 9.69 Å². The van der Waals surface area contributed by atoms with Gasteiger partial charge in [-0.25, -0.2) is 4.98 Å². The van der Waals surface area contributed by atoms with Crippen molar-refractivity contribution in [1.82, 2.24) is 9.88 Å². The quantitative estimate of drug-likeness (QED) is 0.552. The number of benzene rings is 2. The lowest BCUT2D eigenvalue weighted by molar-refractivity contribution is -0.115. The molecule has 4 rings (SSSR count). The minimum Gasteiger partial charge on any atom is -0.302 e. The second kappa shape index (κ2) is 8.72. The fourth-order valence-electron chi connectivity index (χ4n) is 3.55. The Morgan fingerprint density at radius 2 is 1.89 bits per heavy atom. The molecule has 28 heavy (non-hydrogen) atoms. The maximum Gasteiger partial charge on any atom is 0.230 e. The Morgan fingerprint density at radius 1 is 1.18 bits per heavy atom. The first-order chi connectivity index (χ1) is 13.5. The van der Waals surface area contributed by atoms with Gasteiger partial charge in [-0.1, -0.05) is 52.4 Å². The van der Waals surface area contributed by atoms with Crippen LogP contribution in [-0.2, 0) is 17.8 Å². The summed E-state index contributed by atoms with van der Waals surface area (Å²) in [7, 11) is 0. The summed E-state index contributed by atoms with van der Waals surface area (Å²) in [5.41, 5.74) is 3.25. The van der Waals surface area contributed by atoms with Crippen molar-refractivity contribution < 1.29 is 4.79 Å². The average molecular weight is 458 g/mol. The van der Waals surface area contributed by atoms with Gasteiger partial charge in [0.15, 0.2) is 5.13 Å². The molecule has 1 aromatic heterocycles. The number of nitrogens with zero attached hydrogens (tertiary/aromatic N) is 2. The number of thiazole rings is 1. The number of carbonyl (C=O) groups excluding carboxylic acids is 1. The van der Waals surface area contributed by atoms with Gasteiger partial charge in [-0.2, -0.15) is 0 Å². The van der Waals surface area contributed by atoms with Gasteiger partial charge >= 0.3 is 0 Å². The van der Waals surface area contributed by atoms with Gasteiger partial charge in [0.2, 0.25) is 5.91 Å². The lowest BCUT2D eigenvalue weighted by Crippen LogP contribution is -2.32. The van der Waals surface area contributed by atoms with Crippen LogP contribution in [0.25, 0.3) is 10.2 Å². The van der Waals surface area contributed by atoms with E-state index in [-0.39, 0.29) is 5.91 Å². The summed E-state index contributed by atoms with van der Waals surface area (Å²) in [6.07, 6.45) is 2.93. The van der Waals surface area contributed by atoms with E-state index in [2.05, 4.69) is 56.3 Å². The third kappa shape index (κ3) is 4.99. The second-order valence-electron chi connectivity index (χ2n) is 7.63. The lowest BCUT2D eigenvalue weighted by atomic mass is 9.99. The molecule has 1 fully saturated rings. The minimum atomic E-state index is -0.0379. The maximum atomic E-state index is 12.3. The van der Waals surface area contributed by atoms with Crippen LogP contribution in [0.3, 0.4) is 0 Å². The van der Waals surface area contributed by atoms with Gasteiger partial charge in [0.25, 0.3) is 0 Å². The van der Waals surface area contributed by atoms with Crippen LogP contribution >= 0.6 is 27.3 Å². The number of nitrogens with one attached hydrogen (secondary N) is 1. The number of carbonyl (C=O) groups is 1. The Balaban J connectivity index is 1.40. The molecular weight excluding hydrogens is 434 g/mol. The molecule has 0 radical (unpaired) electrons. The summed E-state index contributed by atoms with van der Waals surface area (Å²) in [4.78, 5) is 19.4. The number of likely N-dealkylation sites (tertiary alicyclic amines) is 1. The number of hydrogen-bond acceptors (Lipinski definition) is 4. The molecular formula is C22H24BrN3OS. The van der Waals surface area contributed by atoms with Crippen LogP contribution in [0.15, 0.2) is 46.9 Å². The zero-order chi connectivity index (χ0) is 19.5. The van der Waals surface area contributed by atoms with E-state index >= 15 is 0 Å². The Kier molecular flexibility index (Phi) is 6.09. The highest BCUT2D eigenvalue weighted by Gasteiger charge is 2.16. The predicted octanol–water partition coefficient (Wildman–Crippen LogP) is 5.47. The molecule has 3 aromatic rings. The maximum absolute atomic E-state index is 12.3. The third-order valence-electron chi connectivity index (χ3n) is 5.26. The van der Waals surface area contributed by atoms with Crippen LogP contribution < -0.4 is 5.32 Å². The standard InChI is InChI=1S/C22H24BrN3OS/c1-15-8-10-26(11-9-15)14-17-4-7-19-20(12-17)28-22(24-19)25-21(27)13-16-2-5-18(23)6-3-16/h2-7,12,15H,8-11,13-14H2,1H3,(H,24,25,27). The smallest absolute Gasteiger partial charge is 0.230 e. The number of rotatable bonds is 5. The highest BCUT2D eigenvalue weighted by Crippen LogP contribution is 2.28. The van der Waals surface area contributed by atoms with Crippen LogP contribution in [0.2, 0.25) is 0 Å². The van der Waals surface area contributed by atoms with Crippen LogP contribution in [0.5, 0.6) is 0 Å². The average Bonchev–Trinajstić information content (AvgIpc) is 3.07. The fourth-order valence-corrected chi connectivity index (χ4v) is 4.76. The zero-order valence-electron chi connectivity index (χ0n) is 16.0. The van der Waals surface area contributed by atoms with E-state index in [0.717, 1.165) is 32.7 Å². The monoisotopic (exact) mass is 457 g/mol. The van der Waals surface area contributed by atoms with Gasteiger partial charge in [-0.15, -0.1) is 0 Å². The number of amides is 1. The van der Waals surface area contributed by atoms with E-state index in [4.69, 9.17) is 0 Å². The predicted molar refractivity (Wildman–Crippen MR) is 120 cm³/mol. The Morgan fingerprint density at radius 3 is 2.64 bits per heavy atom. The van der Waals surface area contributed by atoms with Crippen LogP contribution in [0.4, 0.5) is 5.13 Å². The molecule has 0 aliphatic carbocycles. The molecule has 1 aliphatic heterocycles. The molecule has 4 nitrogen and oxygen atoms in total. The molecule has 0 bridgehead atoms. The van der Waals surface area contributed by atoms with E-state index in [0.29, 0.717) is 11.6 Å². The van der Waals surface area contributed by atoms with Gasteiger partial charge in [0, 0.05) is 11.0 Å². The van der Waals surface area contributed by atoms with E-state index < -0.39 is 0 Å². The van der Waals surface area contributed by atoms with Crippen molar-refractivity contribution in [3.05, 3.63) is 58.1 Å². The zero-order valence-corrected chi connectivity index (χ0v) is 18.4. The van der Waals surface area contributed by atoms with Crippen molar-refractivity contribution >= 4 is 48.5 Å². The molecule has 1 aliphatic rings. The van der Waals surface area contributed by atoms with Crippen LogP contribution in [0.1, 0.15) is 30.9 Å². The number of halogens is 1. The molecule has 6 heteroatoms. The summed E-state index contributed by atoms with van der Waals surface area (Å²) in [6.45, 7) is 5.69. The summed E-state index contributed by atoms with van der Waals surface area (Å²) < 4.78 is 2.14. The molecule has 1 amide bonds. The Labute approximate surface area is 178 Å². The molecule has 0 atom stereocenters. The molecule has 146 valence electrons. The summed E-state index contributed by atoms with van der Waals surface area (Å²) in [5.74, 6) is 0.813. The van der Waals surface area contributed by atoms with Crippen molar-refractivity contribution in [2.75, 3.05) is 18.4 Å². The Bertz CT molecular complexity index is 962. The molecule has 1 saturated heterocycles. The minimum absolute atomic E-state index is 0.0379. The van der Waals surface area contributed by atoms with E-state index in [1.54, 1.807) is 11.3 Å². The number of anilines is 1. The number of piperidine rings is 1. The van der Waals surface area contributed by atoms with Gasteiger partial charge in [0.05, 0.1) is 16.6 Å². The summed E-state index contributed by atoms with van der Waals surface area (Å²) in [5, 5.41) is 3.61. The first-order valence-corrected chi connectivity index (χ1v) is 11.3.